The maximum absolute atomic E-state index is 3.60. The summed E-state index contributed by atoms with van der Waals surface area (Å²) in [7, 11) is 1.97. The van der Waals surface area contributed by atoms with Gasteiger partial charge in [-0.3, -0.25) is 0 Å². The highest BCUT2D eigenvalue weighted by molar-refractivity contribution is 8.02. The Morgan fingerprint density at radius 3 is 2.88 bits per heavy atom. The van der Waals surface area contributed by atoms with Gasteiger partial charge in [-0.2, -0.15) is 0 Å². The third-order valence-electron chi connectivity index (χ3n) is 0.957. The van der Waals surface area contributed by atoms with Crippen molar-refractivity contribution in [1.82, 2.24) is 5.32 Å². The summed E-state index contributed by atoms with van der Waals surface area (Å²) in [6.07, 6.45) is 0. The zero-order chi connectivity index (χ0) is 6.41. The Morgan fingerprint density at radius 1 is 1.88 bits per heavy atom. The Balaban J connectivity index is 2.97. The lowest BCUT2D eigenvalue weighted by atomic mass is 10.4. The van der Waals surface area contributed by atoms with E-state index in [0.717, 1.165) is 5.75 Å². The van der Waals surface area contributed by atoms with E-state index in [1.807, 2.05) is 12.5 Å². The molecule has 1 nitrogen and oxygen atoms in total. The zero-order valence-corrected chi connectivity index (χ0v) is 6.29. The van der Waals surface area contributed by atoms with Crippen molar-refractivity contribution in [3.05, 3.63) is 12.0 Å². The topological polar surface area (TPSA) is 12.0 Å². The fourth-order valence-corrected chi connectivity index (χ4v) is 0.887. The quantitative estimate of drug-likeness (QED) is 0.620. The average Bonchev–Trinajstić information content (AvgIpc) is 1.83. The van der Waals surface area contributed by atoms with Crippen molar-refractivity contribution in [3.8, 4) is 0 Å². The van der Waals surface area contributed by atoms with Gasteiger partial charge in [-0.25, -0.2) is 0 Å². The van der Waals surface area contributed by atoms with E-state index >= 15 is 0 Å². The predicted molar refractivity (Wildman–Crippen MR) is 41.2 cm³/mol. The highest BCUT2D eigenvalue weighted by Crippen LogP contribution is 2.01. The van der Waals surface area contributed by atoms with Crippen LogP contribution in [0.5, 0.6) is 0 Å². The van der Waals surface area contributed by atoms with E-state index in [0.29, 0.717) is 6.04 Å². The largest absolute Gasteiger partial charge is 0.316 e. The molecule has 1 unspecified atom stereocenters. The van der Waals surface area contributed by atoms with Crippen molar-refractivity contribution in [3.63, 3.8) is 0 Å². The number of hydrogen-bond donors (Lipinski definition) is 1. The van der Waals surface area contributed by atoms with Gasteiger partial charge in [-0.1, -0.05) is 6.58 Å². The number of nitrogens with one attached hydrogen (secondary N) is 1. The number of hydrogen-bond acceptors (Lipinski definition) is 2. The van der Waals surface area contributed by atoms with Crippen molar-refractivity contribution in [2.24, 2.45) is 0 Å². The van der Waals surface area contributed by atoms with Crippen LogP contribution in [-0.4, -0.2) is 18.8 Å². The molecule has 0 heterocycles. The monoisotopic (exact) mass is 131 g/mol. The molecule has 48 valence electrons. The molecule has 1 atom stereocenters. The normalized spacial score (nSPS) is 13.2. The molecule has 0 radical (unpaired) electrons. The van der Waals surface area contributed by atoms with E-state index in [4.69, 9.17) is 0 Å². The van der Waals surface area contributed by atoms with Crippen LogP contribution in [-0.2, 0) is 0 Å². The molecule has 0 bridgehead atoms. The Bertz CT molecular complexity index is 63.5. The minimum atomic E-state index is 0.595. The highest BCUT2D eigenvalue weighted by Gasteiger charge is 1.92. The standard InChI is InChI=1S/C6H13NS/c1-4-8-5-6(2)7-3/h4,6-7H,1,5H2,2-3H3. The van der Waals surface area contributed by atoms with Gasteiger partial charge in [-0.05, 0) is 19.4 Å². The summed E-state index contributed by atoms with van der Waals surface area (Å²) < 4.78 is 0. The second-order valence-electron chi connectivity index (χ2n) is 1.69. The minimum absolute atomic E-state index is 0.595. The first-order valence-corrected chi connectivity index (χ1v) is 3.76. The summed E-state index contributed by atoms with van der Waals surface area (Å²) >= 11 is 1.74. The first-order chi connectivity index (χ1) is 3.81. The Kier molecular flexibility index (Phi) is 5.22. The van der Waals surface area contributed by atoms with E-state index in [1.165, 1.54) is 0 Å². The van der Waals surface area contributed by atoms with Crippen LogP contribution >= 0.6 is 11.8 Å². The minimum Gasteiger partial charge on any atom is -0.316 e. The molecule has 0 spiro atoms. The molecule has 0 amide bonds. The van der Waals surface area contributed by atoms with Crippen LogP contribution in [0.3, 0.4) is 0 Å². The lowest BCUT2D eigenvalue weighted by Gasteiger charge is -2.05. The molecule has 2 heteroatoms. The van der Waals surface area contributed by atoms with E-state index in [-0.39, 0.29) is 0 Å². The third kappa shape index (κ3) is 4.22. The van der Waals surface area contributed by atoms with Gasteiger partial charge in [0.25, 0.3) is 0 Å². The molecule has 0 fully saturated rings. The molecule has 0 aromatic rings. The van der Waals surface area contributed by atoms with Gasteiger partial charge < -0.3 is 5.32 Å². The Morgan fingerprint density at radius 2 is 2.50 bits per heavy atom. The zero-order valence-electron chi connectivity index (χ0n) is 5.48. The van der Waals surface area contributed by atoms with Crippen molar-refractivity contribution in [2.45, 2.75) is 13.0 Å². The Hall–Kier alpha value is 0.0500. The lowest BCUT2D eigenvalue weighted by Crippen LogP contribution is -2.23. The van der Waals surface area contributed by atoms with E-state index in [1.54, 1.807) is 11.8 Å². The maximum Gasteiger partial charge on any atom is 0.0130 e. The predicted octanol–water partition coefficient (Wildman–Crippen LogP) is 1.47. The van der Waals surface area contributed by atoms with Crippen LogP contribution in [0.4, 0.5) is 0 Å². The van der Waals surface area contributed by atoms with Crippen LogP contribution in [0, 0.1) is 0 Å². The molecule has 0 aliphatic rings. The molecule has 0 saturated carbocycles. The van der Waals surface area contributed by atoms with Crippen molar-refractivity contribution < 1.29 is 0 Å². The molecule has 0 aliphatic heterocycles. The summed E-state index contributed by atoms with van der Waals surface area (Å²) in [6, 6.07) is 0.595. The fraction of sp³-hybridized carbons (Fsp3) is 0.667. The summed E-state index contributed by atoms with van der Waals surface area (Å²) in [4.78, 5) is 0. The lowest BCUT2D eigenvalue weighted by molar-refractivity contribution is 0.678. The summed E-state index contributed by atoms with van der Waals surface area (Å²) in [5.74, 6) is 1.11. The first kappa shape index (κ1) is 8.05. The molecule has 0 aromatic heterocycles. The molecule has 0 aliphatic carbocycles. The van der Waals surface area contributed by atoms with Crippen molar-refractivity contribution in [2.75, 3.05) is 12.8 Å². The molecular weight excluding hydrogens is 118 g/mol. The van der Waals surface area contributed by atoms with E-state index < -0.39 is 0 Å². The fourth-order valence-electron chi connectivity index (χ4n) is 0.296. The van der Waals surface area contributed by atoms with Crippen molar-refractivity contribution >= 4 is 11.8 Å². The average molecular weight is 131 g/mol. The molecule has 0 aromatic carbocycles. The van der Waals surface area contributed by atoms with E-state index in [2.05, 4.69) is 18.8 Å². The summed E-state index contributed by atoms with van der Waals surface area (Å²) in [6.45, 7) is 5.75. The van der Waals surface area contributed by atoms with E-state index in [9.17, 15) is 0 Å². The van der Waals surface area contributed by atoms with Gasteiger partial charge >= 0.3 is 0 Å². The Labute approximate surface area is 55.5 Å². The van der Waals surface area contributed by atoms with Crippen LogP contribution in [0.15, 0.2) is 12.0 Å². The SMILES string of the molecule is C=CSCC(C)NC. The van der Waals surface area contributed by atoms with Gasteiger partial charge in [0.05, 0.1) is 0 Å². The molecule has 1 N–H and O–H groups in total. The van der Waals surface area contributed by atoms with Gasteiger partial charge in [0, 0.05) is 11.8 Å². The molecule has 0 saturated heterocycles. The highest BCUT2D eigenvalue weighted by atomic mass is 32.2. The molecule has 8 heavy (non-hydrogen) atoms. The second kappa shape index (κ2) is 5.19. The van der Waals surface area contributed by atoms with Gasteiger partial charge in [0.15, 0.2) is 0 Å². The van der Waals surface area contributed by atoms with Crippen LogP contribution < -0.4 is 5.32 Å². The first-order valence-electron chi connectivity index (χ1n) is 2.71. The summed E-state index contributed by atoms with van der Waals surface area (Å²) in [5, 5.41) is 5.00. The maximum atomic E-state index is 3.60. The van der Waals surface area contributed by atoms with Crippen LogP contribution in [0.1, 0.15) is 6.92 Å². The van der Waals surface area contributed by atoms with Crippen LogP contribution in [0.2, 0.25) is 0 Å². The van der Waals surface area contributed by atoms with Crippen molar-refractivity contribution in [1.29, 1.82) is 0 Å². The summed E-state index contributed by atoms with van der Waals surface area (Å²) in [5.41, 5.74) is 0. The van der Waals surface area contributed by atoms with Gasteiger partial charge in [0.1, 0.15) is 0 Å². The second-order valence-corrected chi connectivity index (χ2v) is 2.69. The third-order valence-corrected chi connectivity index (χ3v) is 1.89. The number of thioether (sulfide) groups is 1. The smallest absolute Gasteiger partial charge is 0.0130 e. The van der Waals surface area contributed by atoms with Gasteiger partial charge in [-0.15, -0.1) is 11.8 Å². The number of rotatable bonds is 4. The molecular formula is C6H13NS. The van der Waals surface area contributed by atoms with Crippen LogP contribution in [0.25, 0.3) is 0 Å². The molecule has 0 rings (SSSR count). The van der Waals surface area contributed by atoms with Gasteiger partial charge in [0.2, 0.25) is 0 Å².